The third-order valence-corrected chi connectivity index (χ3v) is 3.72. The molecule has 0 atom stereocenters. The fourth-order valence-electron chi connectivity index (χ4n) is 2.54. The number of nitrogens with zero attached hydrogens (tertiary/aromatic N) is 1. The molecule has 0 saturated heterocycles. The Hall–Kier alpha value is -2.71. The van der Waals surface area contributed by atoms with Gasteiger partial charge in [0.15, 0.2) is 0 Å². The average Bonchev–Trinajstić information content (AvgIpc) is 2.61. The van der Waals surface area contributed by atoms with Gasteiger partial charge in [0.05, 0.1) is 11.2 Å². The van der Waals surface area contributed by atoms with E-state index in [0.29, 0.717) is 0 Å². The van der Waals surface area contributed by atoms with Gasteiger partial charge in [-0.05, 0) is 29.3 Å². The molecule has 0 aliphatic heterocycles. The van der Waals surface area contributed by atoms with Gasteiger partial charge in [0.2, 0.25) is 0 Å². The summed E-state index contributed by atoms with van der Waals surface area (Å²) in [6.07, 6.45) is 6.08. The minimum atomic E-state index is 0.776. The van der Waals surface area contributed by atoms with Crippen LogP contribution in [0.3, 0.4) is 0 Å². The first kappa shape index (κ1) is 15.2. The number of pyridine rings is 1. The van der Waals surface area contributed by atoms with Crippen LogP contribution in [0.25, 0.3) is 23.1 Å². The van der Waals surface area contributed by atoms with Gasteiger partial charge >= 0.3 is 0 Å². The smallest absolute Gasteiger partial charge is 0.0709 e. The molecule has 0 fully saturated rings. The second-order valence-corrected chi connectivity index (χ2v) is 5.37. The van der Waals surface area contributed by atoms with Crippen molar-refractivity contribution in [2.24, 2.45) is 0 Å². The van der Waals surface area contributed by atoms with Gasteiger partial charge in [-0.15, -0.1) is 0 Å². The van der Waals surface area contributed by atoms with Crippen molar-refractivity contribution in [2.45, 2.75) is 6.54 Å². The minimum absolute atomic E-state index is 0.776. The summed E-state index contributed by atoms with van der Waals surface area (Å²) in [5, 5.41) is 4.60. The highest BCUT2D eigenvalue weighted by Gasteiger charge is 2.03. The lowest BCUT2D eigenvalue weighted by Crippen LogP contribution is -2.14. The van der Waals surface area contributed by atoms with Gasteiger partial charge in [0.1, 0.15) is 0 Å². The molecule has 0 saturated carbocycles. The Kier molecular flexibility index (Phi) is 4.97. The topological polar surface area (TPSA) is 24.9 Å². The molecule has 3 aromatic rings. The minimum Gasteiger partial charge on any atom is -0.309 e. The number of aromatic nitrogens is 1. The predicted molar refractivity (Wildman–Crippen MR) is 99.0 cm³/mol. The van der Waals surface area contributed by atoms with Crippen LogP contribution < -0.4 is 5.32 Å². The number of benzene rings is 2. The maximum absolute atomic E-state index is 4.66. The Balaban J connectivity index is 1.64. The van der Waals surface area contributed by atoms with Crippen LogP contribution >= 0.6 is 0 Å². The van der Waals surface area contributed by atoms with E-state index in [1.54, 1.807) is 0 Å². The zero-order chi connectivity index (χ0) is 15.9. The lowest BCUT2D eigenvalue weighted by Gasteiger charge is -2.08. The summed E-state index contributed by atoms with van der Waals surface area (Å²) in [7, 11) is 0. The zero-order valence-corrected chi connectivity index (χ0v) is 13.1. The van der Waals surface area contributed by atoms with Crippen LogP contribution in [-0.4, -0.2) is 11.5 Å². The van der Waals surface area contributed by atoms with E-state index in [0.717, 1.165) is 29.7 Å². The number of hydrogen-bond donors (Lipinski definition) is 1. The van der Waals surface area contributed by atoms with Crippen molar-refractivity contribution in [3.8, 4) is 0 Å². The van der Waals surface area contributed by atoms with Gasteiger partial charge in [0, 0.05) is 18.5 Å². The molecule has 3 rings (SSSR count). The summed E-state index contributed by atoms with van der Waals surface area (Å²) < 4.78 is 0. The Labute approximate surface area is 137 Å². The van der Waals surface area contributed by atoms with Gasteiger partial charge in [-0.2, -0.15) is 0 Å². The standard InChI is InChI=1S/C21H20N2/c1-2-20-19(15-18-12-6-7-13-21(18)23-20)16-22-14-8-11-17-9-4-3-5-10-17/h2-13,15,22H,1,14,16H2. The second-order valence-electron chi connectivity index (χ2n) is 5.37. The number of nitrogens with one attached hydrogen (secondary N) is 1. The van der Waals surface area contributed by atoms with Crippen molar-refractivity contribution in [3.63, 3.8) is 0 Å². The molecule has 2 aromatic carbocycles. The van der Waals surface area contributed by atoms with Gasteiger partial charge in [-0.3, -0.25) is 0 Å². The largest absolute Gasteiger partial charge is 0.309 e. The van der Waals surface area contributed by atoms with E-state index in [2.05, 4.69) is 53.3 Å². The van der Waals surface area contributed by atoms with Crippen molar-refractivity contribution < 1.29 is 0 Å². The monoisotopic (exact) mass is 300 g/mol. The predicted octanol–water partition coefficient (Wildman–Crippen LogP) is 4.68. The number of rotatable bonds is 6. The number of hydrogen-bond acceptors (Lipinski definition) is 2. The molecule has 114 valence electrons. The van der Waals surface area contributed by atoms with Crippen LogP contribution in [0.2, 0.25) is 0 Å². The summed E-state index contributed by atoms with van der Waals surface area (Å²) in [4.78, 5) is 4.66. The van der Waals surface area contributed by atoms with Gasteiger partial charge < -0.3 is 5.32 Å². The summed E-state index contributed by atoms with van der Waals surface area (Å²) in [5.74, 6) is 0. The highest BCUT2D eigenvalue weighted by atomic mass is 14.8. The SMILES string of the molecule is C=Cc1nc2ccccc2cc1CNCC=Cc1ccccc1. The lowest BCUT2D eigenvalue weighted by molar-refractivity contribution is 0.758. The molecular weight excluding hydrogens is 280 g/mol. The van der Waals surface area contributed by atoms with Gasteiger partial charge in [0.25, 0.3) is 0 Å². The van der Waals surface area contributed by atoms with Crippen LogP contribution in [0.4, 0.5) is 0 Å². The Morgan fingerprint density at radius 3 is 2.61 bits per heavy atom. The van der Waals surface area contributed by atoms with Gasteiger partial charge in [-0.1, -0.05) is 67.3 Å². The van der Waals surface area contributed by atoms with E-state index in [9.17, 15) is 0 Å². The van der Waals surface area contributed by atoms with Crippen molar-refractivity contribution in [1.29, 1.82) is 0 Å². The highest BCUT2D eigenvalue weighted by Crippen LogP contribution is 2.17. The summed E-state index contributed by atoms with van der Waals surface area (Å²) >= 11 is 0. The molecule has 0 amide bonds. The van der Waals surface area contributed by atoms with Crippen molar-refractivity contribution in [2.75, 3.05) is 6.54 Å². The quantitative estimate of drug-likeness (QED) is 0.669. The van der Waals surface area contributed by atoms with Crippen molar-refractivity contribution >= 4 is 23.1 Å². The third-order valence-electron chi connectivity index (χ3n) is 3.72. The summed E-state index contributed by atoms with van der Waals surface area (Å²) in [6, 6.07) is 20.7. The molecule has 0 aliphatic rings. The molecule has 23 heavy (non-hydrogen) atoms. The van der Waals surface area contributed by atoms with Crippen LogP contribution in [0, 0.1) is 0 Å². The molecule has 2 nitrogen and oxygen atoms in total. The van der Waals surface area contributed by atoms with Crippen LogP contribution in [0.5, 0.6) is 0 Å². The van der Waals surface area contributed by atoms with E-state index in [-0.39, 0.29) is 0 Å². The molecule has 0 spiro atoms. The number of fused-ring (bicyclic) bond motifs is 1. The molecule has 0 bridgehead atoms. The van der Waals surface area contributed by atoms with Crippen molar-refractivity contribution in [1.82, 2.24) is 10.3 Å². The highest BCUT2D eigenvalue weighted by molar-refractivity contribution is 5.80. The summed E-state index contributed by atoms with van der Waals surface area (Å²) in [5.41, 5.74) is 4.35. The fourth-order valence-corrected chi connectivity index (χ4v) is 2.54. The molecule has 0 unspecified atom stereocenters. The number of para-hydroxylation sites is 1. The first-order valence-electron chi connectivity index (χ1n) is 7.80. The third kappa shape index (κ3) is 3.93. The zero-order valence-electron chi connectivity index (χ0n) is 13.1. The average molecular weight is 300 g/mol. The first-order valence-corrected chi connectivity index (χ1v) is 7.80. The lowest BCUT2D eigenvalue weighted by atomic mass is 10.1. The molecular formula is C21H20N2. The first-order chi connectivity index (χ1) is 11.4. The molecule has 1 heterocycles. The Morgan fingerprint density at radius 2 is 1.78 bits per heavy atom. The van der Waals surface area contributed by atoms with Crippen LogP contribution in [0.1, 0.15) is 16.8 Å². The molecule has 0 radical (unpaired) electrons. The van der Waals surface area contributed by atoms with E-state index >= 15 is 0 Å². The van der Waals surface area contributed by atoms with Crippen molar-refractivity contribution in [3.05, 3.63) is 90.1 Å². The van der Waals surface area contributed by atoms with Crippen LogP contribution in [0.15, 0.2) is 73.3 Å². The maximum atomic E-state index is 4.66. The Bertz CT molecular complexity index is 820. The van der Waals surface area contributed by atoms with E-state index in [4.69, 9.17) is 0 Å². The van der Waals surface area contributed by atoms with Crippen LogP contribution in [-0.2, 0) is 6.54 Å². The molecule has 1 aromatic heterocycles. The molecule has 0 aliphatic carbocycles. The van der Waals surface area contributed by atoms with E-state index < -0.39 is 0 Å². The molecule has 2 heteroatoms. The fraction of sp³-hybridized carbons (Fsp3) is 0.0952. The maximum Gasteiger partial charge on any atom is 0.0709 e. The van der Waals surface area contributed by atoms with E-state index in [1.165, 1.54) is 11.1 Å². The second kappa shape index (κ2) is 7.52. The Morgan fingerprint density at radius 1 is 1.00 bits per heavy atom. The molecule has 1 N–H and O–H groups in total. The van der Waals surface area contributed by atoms with Gasteiger partial charge in [-0.25, -0.2) is 4.98 Å². The summed E-state index contributed by atoms with van der Waals surface area (Å²) in [6.45, 7) is 5.47. The van der Waals surface area contributed by atoms with E-state index in [1.807, 2.05) is 42.5 Å². The normalized spacial score (nSPS) is 11.1.